The van der Waals surface area contributed by atoms with E-state index in [-0.39, 0.29) is 11.5 Å². The van der Waals surface area contributed by atoms with Crippen molar-refractivity contribution in [2.45, 2.75) is 12.8 Å². The monoisotopic (exact) mass is 166 g/mol. The first kappa shape index (κ1) is 7.40. The summed E-state index contributed by atoms with van der Waals surface area (Å²) in [5, 5.41) is 3.18. The van der Waals surface area contributed by atoms with Crippen LogP contribution in [-0.4, -0.2) is 6.54 Å². The Morgan fingerprint density at radius 2 is 2.25 bits per heavy atom. The summed E-state index contributed by atoms with van der Waals surface area (Å²) in [5.41, 5.74) is 7.68. The van der Waals surface area contributed by atoms with Gasteiger partial charge in [0.1, 0.15) is 5.82 Å². The number of halogens is 1. The summed E-state index contributed by atoms with van der Waals surface area (Å²) >= 11 is 0. The van der Waals surface area contributed by atoms with Crippen LogP contribution in [0, 0.1) is 5.82 Å². The maximum Gasteiger partial charge on any atom is 0.146 e. The third kappa shape index (κ3) is 1.11. The average Bonchev–Trinajstić information content (AvgIpc) is 2.07. The Bertz CT molecular complexity index is 279. The molecular weight excluding hydrogens is 155 g/mol. The van der Waals surface area contributed by atoms with E-state index < -0.39 is 0 Å². The van der Waals surface area contributed by atoms with Gasteiger partial charge in [0, 0.05) is 12.2 Å². The van der Waals surface area contributed by atoms with Gasteiger partial charge in [-0.2, -0.15) is 0 Å². The van der Waals surface area contributed by atoms with E-state index in [4.69, 9.17) is 5.73 Å². The minimum absolute atomic E-state index is 0.225. The van der Waals surface area contributed by atoms with Crippen LogP contribution in [0.25, 0.3) is 0 Å². The molecule has 0 bridgehead atoms. The minimum atomic E-state index is -0.308. The molecule has 0 fully saturated rings. The van der Waals surface area contributed by atoms with Gasteiger partial charge in [0.15, 0.2) is 0 Å². The molecule has 1 aliphatic heterocycles. The molecule has 1 aromatic carbocycles. The Morgan fingerprint density at radius 3 is 3.08 bits per heavy atom. The first-order valence-electron chi connectivity index (χ1n) is 4.09. The molecule has 3 heteroatoms. The van der Waals surface area contributed by atoms with E-state index in [1.807, 2.05) is 0 Å². The Morgan fingerprint density at radius 1 is 1.42 bits per heavy atom. The molecule has 0 aromatic heterocycles. The largest absolute Gasteiger partial charge is 0.396 e. The fraction of sp³-hybridized carbons (Fsp3) is 0.333. The first-order chi connectivity index (χ1) is 5.77. The smallest absolute Gasteiger partial charge is 0.146 e. The van der Waals surface area contributed by atoms with E-state index in [2.05, 4.69) is 5.32 Å². The van der Waals surface area contributed by atoms with Crippen molar-refractivity contribution in [3.8, 4) is 0 Å². The van der Waals surface area contributed by atoms with E-state index in [9.17, 15) is 4.39 Å². The molecule has 12 heavy (non-hydrogen) atoms. The van der Waals surface area contributed by atoms with E-state index >= 15 is 0 Å². The van der Waals surface area contributed by atoms with Crippen molar-refractivity contribution in [1.82, 2.24) is 0 Å². The maximum absolute atomic E-state index is 13.0. The van der Waals surface area contributed by atoms with E-state index in [1.165, 1.54) is 6.07 Å². The van der Waals surface area contributed by atoms with Crippen LogP contribution >= 0.6 is 0 Å². The summed E-state index contributed by atoms with van der Waals surface area (Å²) in [7, 11) is 0. The van der Waals surface area contributed by atoms with Gasteiger partial charge in [0.25, 0.3) is 0 Å². The standard InChI is InChI=1S/C9H11FN2/c10-7-4-6-2-1-3-12-9(6)5-8(7)11/h4-5,12H,1-3,11H2. The summed E-state index contributed by atoms with van der Waals surface area (Å²) in [6.45, 7) is 0.956. The van der Waals surface area contributed by atoms with Crippen molar-refractivity contribution in [2.24, 2.45) is 0 Å². The quantitative estimate of drug-likeness (QED) is 0.576. The van der Waals surface area contributed by atoms with Gasteiger partial charge >= 0.3 is 0 Å². The molecular formula is C9H11FN2. The van der Waals surface area contributed by atoms with E-state index in [0.717, 1.165) is 30.6 Å². The van der Waals surface area contributed by atoms with Gasteiger partial charge in [-0.1, -0.05) is 0 Å². The number of rotatable bonds is 0. The average molecular weight is 166 g/mol. The van der Waals surface area contributed by atoms with Gasteiger partial charge in [-0.25, -0.2) is 4.39 Å². The van der Waals surface area contributed by atoms with Crippen LogP contribution in [0.2, 0.25) is 0 Å². The number of nitrogens with two attached hydrogens (primary N) is 1. The Labute approximate surface area is 70.6 Å². The predicted octanol–water partition coefficient (Wildman–Crippen LogP) is 1.77. The second-order valence-corrected chi connectivity index (χ2v) is 3.06. The molecule has 0 amide bonds. The molecule has 0 atom stereocenters. The molecule has 0 saturated heterocycles. The third-order valence-corrected chi connectivity index (χ3v) is 2.16. The molecule has 2 rings (SSSR count). The van der Waals surface area contributed by atoms with Crippen LogP contribution in [0.5, 0.6) is 0 Å². The normalized spacial score (nSPS) is 15.1. The number of hydrogen-bond acceptors (Lipinski definition) is 2. The van der Waals surface area contributed by atoms with E-state index in [1.54, 1.807) is 6.07 Å². The number of nitrogen functional groups attached to an aromatic ring is 1. The summed E-state index contributed by atoms with van der Waals surface area (Å²) in [5.74, 6) is -0.308. The fourth-order valence-corrected chi connectivity index (χ4v) is 1.50. The van der Waals surface area contributed by atoms with Crippen molar-refractivity contribution >= 4 is 11.4 Å². The number of hydrogen-bond donors (Lipinski definition) is 2. The van der Waals surface area contributed by atoms with E-state index in [0.29, 0.717) is 0 Å². The molecule has 0 saturated carbocycles. The van der Waals surface area contributed by atoms with Crippen LogP contribution in [0.3, 0.4) is 0 Å². The number of fused-ring (bicyclic) bond motifs is 1. The molecule has 0 unspecified atom stereocenters. The number of benzene rings is 1. The summed E-state index contributed by atoms with van der Waals surface area (Å²) in [4.78, 5) is 0. The van der Waals surface area contributed by atoms with Crippen LogP contribution < -0.4 is 11.1 Å². The highest BCUT2D eigenvalue weighted by atomic mass is 19.1. The molecule has 0 radical (unpaired) electrons. The van der Waals surface area contributed by atoms with Gasteiger partial charge < -0.3 is 11.1 Å². The topological polar surface area (TPSA) is 38.0 Å². The van der Waals surface area contributed by atoms with Crippen molar-refractivity contribution in [3.05, 3.63) is 23.5 Å². The third-order valence-electron chi connectivity index (χ3n) is 2.16. The zero-order valence-corrected chi connectivity index (χ0v) is 6.73. The molecule has 64 valence electrons. The maximum atomic E-state index is 13.0. The minimum Gasteiger partial charge on any atom is -0.396 e. The molecule has 1 aliphatic rings. The van der Waals surface area contributed by atoms with Gasteiger partial charge in [-0.3, -0.25) is 0 Å². The van der Waals surface area contributed by atoms with Crippen molar-refractivity contribution < 1.29 is 4.39 Å². The fourth-order valence-electron chi connectivity index (χ4n) is 1.50. The lowest BCUT2D eigenvalue weighted by Gasteiger charge is -2.18. The summed E-state index contributed by atoms with van der Waals surface area (Å²) in [6, 6.07) is 3.20. The number of anilines is 2. The molecule has 3 N–H and O–H groups in total. The number of nitrogens with one attached hydrogen (secondary N) is 1. The highest BCUT2D eigenvalue weighted by Gasteiger charge is 2.10. The number of aryl methyl sites for hydroxylation is 1. The zero-order valence-electron chi connectivity index (χ0n) is 6.73. The lowest BCUT2D eigenvalue weighted by molar-refractivity contribution is 0.628. The molecule has 2 nitrogen and oxygen atoms in total. The molecule has 1 aromatic rings. The van der Waals surface area contributed by atoms with Crippen LogP contribution in [0.4, 0.5) is 15.8 Å². The van der Waals surface area contributed by atoms with Crippen LogP contribution in [0.15, 0.2) is 12.1 Å². The highest BCUT2D eigenvalue weighted by molar-refractivity contribution is 5.61. The van der Waals surface area contributed by atoms with Crippen molar-refractivity contribution in [1.29, 1.82) is 0 Å². The molecule has 1 heterocycles. The van der Waals surface area contributed by atoms with Gasteiger partial charge in [-0.15, -0.1) is 0 Å². The zero-order chi connectivity index (χ0) is 8.55. The van der Waals surface area contributed by atoms with Crippen molar-refractivity contribution in [3.63, 3.8) is 0 Å². The molecule has 0 spiro atoms. The second kappa shape index (κ2) is 2.66. The lowest BCUT2D eigenvalue weighted by atomic mass is 10.0. The van der Waals surface area contributed by atoms with Gasteiger partial charge in [0.2, 0.25) is 0 Å². The van der Waals surface area contributed by atoms with Crippen LogP contribution in [0.1, 0.15) is 12.0 Å². The second-order valence-electron chi connectivity index (χ2n) is 3.06. The summed E-state index contributed by atoms with van der Waals surface area (Å²) < 4.78 is 13.0. The highest BCUT2D eigenvalue weighted by Crippen LogP contribution is 2.26. The summed E-state index contributed by atoms with van der Waals surface area (Å²) in [6.07, 6.45) is 2.01. The Hall–Kier alpha value is -1.25. The lowest BCUT2D eigenvalue weighted by Crippen LogP contribution is -2.12. The first-order valence-corrected chi connectivity index (χ1v) is 4.09. The van der Waals surface area contributed by atoms with Gasteiger partial charge in [-0.05, 0) is 30.5 Å². The van der Waals surface area contributed by atoms with Crippen molar-refractivity contribution in [2.75, 3.05) is 17.6 Å². The predicted molar refractivity (Wildman–Crippen MR) is 47.6 cm³/mol. The Balaban J connectivity index is 2.49. The Kier molecular flexibility index (Phi) is 1.64. The molecule has 0 aliphatic carbocycles. The SMILES string of the molecule is Nc1cc2c(cc1F)CCCN2. The van der Waals surface area contributed by atoms with Crippen LogP contribution in [-0.2, 0) is 6.42 Å². The van der Waals surface area contributed by atoms with Gasteiger partial charge in [0.05, 0.1) is 5.69 Å².